The fourth-order valence-electron chi connectivity index (χ4n) is 4.23. The van der Waals surface area contributed by atoms with E-state index in [0.717, 1.165) is 58.3 Å². The third kappa shape index (κ3) is 2.70. The van der Waals surface area contributed by atoms with Crippen LogP contribution in [0.3, 0.4) is 0 Å². The fraction of sp³-hybridized carbons (Fsp3) is 0.286. The summed E-state index contributed by atoms with van der Waals surface area (Å²) in [5.41, 5.74) is 5.29. The zero-order valence-electron chi connectivity index (χ0n) is 14.8. The Morgan fingerprint density at radius 2 is 1.78 bits per heavy atom. The number of nitrogens with zero attached hydrogens (tertiary/aromatic N) is 1. The average molecular weight is 402 g/mol. The molecule has 0 unspecified atom stereocenters. The third-order valence-electron chi connectivity index (χ3n) is 5.46. The monoisotopic (exact) mass is 401 g/mol. The van der Waals surface area contributed by atoms with Gasteiger partial charge < -0.3 is 14.1 Å². The Morgan fingerprint density at radius 3 is 2.56 bits per heavy atom. The number of rotatable bonds is 1. The Balaban J connectivity index is 1.64. The van der Waals surface area contributed by atoms with Gasteiger partial charge in [-0.1, -0.05) is 23.2 Å². The highest BCUT2D eigenvalue weighted by molar-refractivity contribution is 6.35. The predicted molar refractivity (Wildman–Crippen MR) is 107 cm³/mol. The van der Waals surface area contributed by atoms with E-state index >= 15 is 0 Å². The first kappa shape index (κ1) is 17.0. The molecule has 5 rings (SSSR count). The summed E-state index contributed by atoms with van der Waals surface area (Å²) in [4.78, 5) is 14.4. The summed E-state index contributed by atoms with van der Waals surface area (Å²) in [6.07, 6.45) is 2.72. The third-order valence-corrected chi connectivity index (χ3v) is 5.89. The lowest BCUT2D eigenvalue weighted by Crippen LogP contribution is -2.32. The van der Waals surface area contributed by atoms with E-state index in [2.05, 4.69) is 11.0 Å². The maximum absolute atomic E-state index is 12.3. The average Bonchev–Trinajstić information content (AvgIpc) is 3.13. The Hall–Kier alpha value is -2.17. The van der Waals surface area contributed by atoms with Gasteiger partial charge in [0.2, 0.25) is 0 Å². The highest BCUT2D eigenvalue weighted by Gasteiger charge is 2.26. The van der Waals surface area contributed by atoms with E-state index in [1.54, 1.807) is 6.07 Å². The molecule has 3 aromatic rings. The van der Waals surface area contributed by atoms with Crippen molar-refractivity contribution < 1.29 is 9.15 Å². The van der Waals surface area contributed by atoms with Crippen molar-refractivity contribution in [1.82, 2.24) is 0 Å². The molecular formula is C21H17Cl2NO3. The maximum atomic E-state index is 12.3. The Kier molecular flexibility index (Phi) is 3.88. The largest absolute Gasteiger partial charge is 0.472 e. The van der Waals surface area contributed by atoms with Gasteiger partial charge in [-0.05, 0) is 56.0 Å². The summed E-state index contributed by atoms with van der Waals surface area (Å²) in [7, 11) is 0. The molecule has 0 amide bonds. The molecule has 0 spiro atoms. The van der Waals surface area contributed by atoms with Crippen LogP contribution in [0.1, 0.15) is 28.7 Å². The molecule has 138 valence electrons. The van der Waals surface area contributed by atoms with Gasteiger partial charge in [0.05, 0.1) is 0 Å². The molecule has 0 saturated carbocycles. The van der Waals surface area contributed by atoms with Crippen LogP contribution in [0.25, 0.3) is 11.0 Å². The molecule has 4 nitrogen and oxygen atoms in total. The van der Waals surface area contributed by atoms with Crippen molar-refractivity contribution in [3.63, 3.8) is 0 Å². The van der Waals surface area contributed by atoms with Gasteiger partial charge in [0.15, 0.2) is 6.73 Å². The molecule has 6 heteroatoms. The minimum atomic E-state index is -0.205. The zero-order chi connectivity index (χ0) is 18.7. The standard InChI is InChI=1S/C21H17Cl2NO3/c1-11-19-12(5-18-16-3-2-4-17(16)21(25)27-20(11)18)9-24(10-26-19)15-7-13(22)6-14(23)8-15/h5-8H,2-4,9-10H2,1H3. The van der Waals surface area contributed by atoms with Crippen LogP contribution in [0.5, 0.6) is 5.75 Å². The normalized spacial score (nSPS) is 15.6. The molecule has 0 saturated heterocycles. The summed E-state index contributed by atoms with van der Waals surface area (Å²) in [6, 6.07) is 7.59. The molecule has 27 heavy (non-hydrogen) atoms. The quantitative estimate of drug-likeness (QED) is 0.522. The van der Waals surface area contributed by atoms with Crippen LogP contribution in [-0.4, -0.2) is 6.73 Å². The summed E-state index contributed by atoms with van der Waals surface area (Å²) >= 11 is 12.3. The first-order valence-electron chi connectivity index (χ1n) is 8.96. The van der Waals surface area contributed by atoms with Crippen molar-refractivity contribution in [2.24, 2.45) is 0 Å². The smallest absolute Gasteiger partial charge is 0.339 e. The van der Waals surface area contributed by atoms with E-state index in [0.29, 0.717) is 28.9 Å². The number of anilines is 1. The number of hydrogen-bond donors (Lipinski definition) is 0. The van der Waals surface area contributed by atoms with Gasteiger partial charge in [-0.25, -0.2) is 4.79 Å². The lowest BCUT2D eigenvalue weighted by molar-refractivity contribution is 0.287. The number of hydrogen-bond acceptors (Lipinski definition) is 4. The van der Waals surface area contributed by atoms with Crippen molar-refractivity contribution in [1.29, 1.82) is 0 Å². The molecule has 2 aliphatic rings. The van der Waals surface area contributed by atoms with E-state index in [1.807, 2.05) is 19.1 Å². The van der Waals surface area contributed by atoms with Crippen LogP contribution in [0.15, 0.2) is 33.5 Å². The Labute approximate surface area is 166 Å². The van der Waals surface area contributed by atoms with Gasteiger partial charge in [-0.2, -0.15) is 0 Å². The lowest BCUT2D eigenvalue weighted by atomic mass is 9.99. The summed E-state index contributed by atoms with van der Waals surface area (Å²) in [5.74, 6) is 0.799. The van der Waals surface area contributed by atoms with Crippen LogP contribution < -0.4 is 15.3 Å². The fourth-order valence-corrected chi connectivity index (χ4v) is 4.74. The van der Waals surface area contributed by atoms with Crippen LogP contribution in [0.2, 0.25) is 10.0 Å². The zero-order valence-corrected chi connectivity index (χ0v) is 16.3. The summed E-state index contributed by atoms with van der Waals surface area (Å²) in [6.45, 7) is 3.01. The SMILES string of the molecule is Cc1c2c(cc3c4c(c(=O)oc13)CCC4)CN(c1cc(Cl)cc(Cl)c1)CO2. The highest BCUT2D eigenvalue weighted by atomic mass is 35.5. The minimum Gasteiger partial charge on any atom is -0.472 e. The van der Waals surface area contributed by atoms with Crippen LogP contribution in [0, 0.1) is 6.92 Å². The van der Waals surface area contributed by atoms with E-state index in [4.69, 9.17) is 32.4 Å². The van der Waals surface area contributed by atoms with Crippen molar-refractivity contribution in [3.05, 3.63) is 67.0 Å². The van der Waals surface area contributed by atoms with Gasteiger partial charge in [0, 0.05) is 44.4 Å². The van der Waals surface area contributed by atoms with Crippen LogP contribution >= 0.6 is 23.2 Å². The molecule has 0 radical (unpaired) electrons. The van der Waals surface area contributed by atoms with Gasteiger partial charge in [-0.15, -0.1) is 0 Å². The number of aryl methyl sites for hydroxylation is 2. The number of halogens is 2. The Bertz CT molecular complexity index is 1130. The van der Waals surface area contributed by atoms with Crippen molar-refractivity contribution in [2.75, 3.05) is 11.6 Å². The second-order valence-electron chi connectivity index (χ2n) is 7.17. The van der Waals surface area contributed by atoms with Gasteiger partial charge in [-0.3, -0.25) is 0 Å². The Morgan fingerprint density at radius 1 is 1.04 bits per heavy atom. The lowest BCUT2D eigenvalue weighted by Gasteiger charge is -2.32. The minimum absolute atomic E-state index is 0.205. The summed E-state index contributed by atoms with van der Waals surface area (Å²) in [5, 5.41) is 2.23. The van der Waals surface area contributed by atoms with E-state index in [9.17, 15) is 4.79 Å². The maximum Gasteiger partial charge on any atom is 0.339 e. The predicted octanol–water partition coefficient (Wildman–Crippen LogP) is 5.25. The topological polar surface area (TPSA) is 42.7 Å². The first-order valence-corrected chi connectivity index (χ1v) is 9.72. The van der Waals surface area contributed by atoms with Crippen molar-refractivity contribution in [2.45, 2.75) is 32.7 Å². The second kappa shape index (κ2) is 6.18. The van der Waals surface area contributed by atoms with E-state index in [1.165, 1.54) is 0 Å². The van der Waals surface area contributed by atoms with Crippen molar-refractivity contribution >= 4 is 39.9 Å². The number of fused-ring (bicyclic) bond motifs is 4. The molecule has 2 aromatic carbocycles. The first-order chi connectivity index (χ1) is 13.0. The number of ether oxygens (including phenoxy) is 1. The molecule has 1 aliphatic heterocycles. The molecular weight excluding hydrogens is 385 g/mol. The van der Waals surface area contributed by atoms with Crippen molar-refractivity contribution in [3.8, 4) is 5.75 Å². The van der Waals surface area contributed by atoms with Crippen LogP contribution in [-0.2, 0) is 19.4 Å². The van der Waals surface area contributed by atoms with Crippen LogP contribution in [0.4, 0.5) is 5.69 Å². The van der Waals surface area contributed by atoms with Gasteiger partial charge in [0.1, 0.15) is 11.3 Å². The van der Waals surface area contributed by atoms with Gasteiger partial charge in [0.25, 0.3) is 0 Å². The molecule has 0 bridgehead atoms. The van der Waals surface area contributed by atoms with E-state index in [-0.39, 0.29) is 5.63 Å². The molecule has 0 atom stereocenters. The second-order valence-corrected chi connectivity index (χ2v) is 8.04. The molecule has 2 heterocycles. The molecule has 1 aliphatic carbocycles. The molecule has 0 N–H and O–H groups in total. The highest BCUT2D eigenvalue weighted by Crippen LogP contribution is 2.39. The molecule has 1 aromatic heterocycles. The molecule has 0 fully saturated rings. The van der Waals surface area contributed by atoms with E-state index < -0.39 is 0 Å². The van der Waals surface area contributed by atoms with Gasteiger partial charge >= 0.3 is 5.63 Å². The summed E-state index contributed by atoms with van der Waals surface area (Å²) < 4.78 is 11.7. The number of benzene rings is 2.